The van der Waals surface area contributed by atoms with Gasteiger partial charge in [0, 0.05) is 24.7 Å². The average molecular weight is 520 g/mol. The van der Waals surface area contributed by atoms with Crippen molar-refractivity contribution in [2.45, 2.75) is 76.8 Å². The lowest BCUT2D eigenvalue weighted by Gasteiger charge is -2.60. The molecule has 1 unspecified atom stereocenters. The van der Waals surface area contributed by atoms with E-state index in [1.54, 1.807) is 0 Å². The summed E-state index contributed by atoms with van der Waals surface area (Å²) >= 11 is 0. The van der Waals surface area contributed by atoms with Crippen LogP contribution in [0.3, 0.4) is 0 Å². The molecule has 1 N–H and O–H groups in total. The molecule has 1 aliphatic carbocycles. The molecule has 8 atom stereocenters. The topological polar surface area (TPSA) is 114 Å². The molecule has 0 radical (unpaired) electrons. The van der Waals surface area contributed by atoms with Crippen LogP contribution in [0.2, 0.25) is 0 Å². The van der Waals surface area contributed by atoms with Crippen LogP contribution in [0.25, 0.3) is 0 Å². The highest BCUT2D eigenvalue weighted by Gasteiger charge is 2.69. The largest absolute Gasteiger partial charge is 0.494 e. The summed E-state index contributed by atoms with van der Waals surface area (Å²) in [5.41, 5.74) is 0.203. The Hall–Kier alpha value is -2.24. The molecule has 204 valence electrons. The summed E-state index contributed by atoms with van der Waals surface area (Å²) in [5.74, 6) is 0.129. The Balaban J connectivity index is 1.11. The molecule has 4 heterocycles. The zero-order valence-electron chi connectivity index (χ0n) is 21.7. The number of ether oxygens (including phenoxy) is 4. The maximum absolute atomic E-state index is 10.4. The van der Waals surface area contributed by atoms with Crippen LogP contribution in [0.5, 0.6) is 5.75 Å². The highest BCUT2D eigenvalue weighted by Crippen LogP contribution is 2.60. The molecule has 1 saturated carbocycles. The zero-order valence-corrected chi connectivity index (χ0v) is 21.7. The summed E-state index contributed by atoms with van der Waals surface area (Å²) in [6.45, 7) is 6.95. The summed E-state index contributed by atoms with van der Waals surface area (Å²) in [5, 5.41) is 12.2. The van der Waals surface area contributed by atoms with Crippen molar-refractivity contribution in [2.24, 2.45) is 28.8 Å². The number of fused-ring (bicyclic) bond motifs is 2. The van der Waals surface area contributed by atoms with Gasteiger partial charge in [-0.3, -0.25) is 0 Å². The third-order valence-corrected chi connectivity index (χ3v) is 8.28. The highest BCUT2D eigenvalue weighted by atomic mass is 17.3. The fourth-order valence-electron chi connectivity index (χ4n) is 6.35. The molecular formula is C27H37NO9. The third kappa shape index (κ3) is 5.35. The van der Waals surface area contributed by atoms with Gasteiger partial charge < -0.3 is 28.9 Å². The van der Waals surface area contributed by atoms with E-state index in [2.05, 4.69) is 23.8 Å². The SMILES string of the molecule is C[C@H]1[C@@H](OCCCOc2ccc(/C=N/OCC(=O)O)cc2)O[C@@H]2O[C@@]3(C)CCC4[C@H](C)CC[C@@H]1[C@]42OO3. The molecule has 4 aliphatic heterocycles. The van der Waals surface area contributed by atoms with Gasteiger partial charge in [0.2, 0.25) is 12.4 Å². The first-order valence-corrected chi connectivity index (χ1v) is 13.2. The number of hydrogen-bond donors (Lipinski definition) is 1. The predicted octanol–water partition coefficient (Wildman–Crippen LogP) is 4.12. The van der Waals surface area contributed by atoms with Crippen molar-refractivity contribution < 1.29 is 43.5 Å². The zero-order chi connectivity index (χ0) is 26.0. The lowest BCUT2D eigenvalue weighted by Crippen LogP contribution is -2.70. The summed E-state index contributed by atoms with van der Waals surface area (Å²) in [7, 11) is 0. The number of benzene rings is 1. The van der Waals surface area contributed by atoms with Gasteiger partial charge in [0.1, 0.15) is 5.75 Å². The molecule has 37 heavy (non-hydrogen) atoms. The Morgan fingerprint density at radius 3 is 2.73 bits per heavy atom. The minimum atomic E-state index is -1.07. The minimum Gasteiger partial charge on any atom is -0.494 e. The molecule has 4 saturated heterocycles. The molecule has 2 bridgehead atoms. The standard InChI is InChI=1S/C27H37NO9/c1-17-5-10-22-18(2)24(34-25-27(22)21(17)11-12-26(3,35-25)36-37-27)32-14-4-13-31-20-8-6-19(7-9-20)15-28-33-16-23(29)30/h6-9,15,17-18,21-22,24-25H,4-5,10-14,16H2,1-3H3,(H,29,30)/b28-15+/t17-,18-,21?,22+,24+,25-,26-,27-/m1/s1. The van der Waals surface area contributed by atoms with E-state index < -0.39 is 30.3 Å². The summed E-state index contributed by atoms with van der Waals surface area (Å²) < 4.78 is 24.9. The van der Waals surface area contributed by atoms with Crippen LogP contribution in [0.4, 0.5) is 0 Å². The first kappa shape index (κ1) is 26.4. The smallest absolute Gasteiger partial charge is 0.344 e. The molecule has 5 aliphatic rings. The van der Waals surface area contributed by atoms with Gasteiger partial charge in [-0.2, -0.15) is 0 Å². The molecule has 0 amide bonds. The number of nitrogens with zero attached hydrogens (tertiary/aromatic N) is 1. The van der Waals surface area contributed by atoms with E-state index in [9.17, 15) is 4.79 Å². The second-order valence-electron chi connectivity index (χ2n) is 10.8. The molecule has 0 aromatic heterocycles. The molecule has 5 fully saturated rings. The van der Waals surface area contributed by atoms with Crippen molar-refractivity contribution in [1.29, 1.82) is 0 Å². The van der Waals surface area contributed by atoms with Crippen LogP contribution in [-0.2, 0) is 33.6 Å². The van der Waals surface area contributed by atoms with Crippen LogP contribution in [0, 0.1) is 23.7 Å². The molecule has 1 spiro atoms. The predicted molar refractivity (Wildman–Crippen MR) is 131 cm³/mol. The van der Waals surface area contributed by atoms with E-state index in [1.165, 1.54) is 6.21 Å². The van der Waals surface area contributed by atoms with Gasteiger partial charge in [0.15, 0.2) is 18.2 Å². The molecule has 1 aromatic carbocycles. The number of carboxylic acid groups (broad SMARTS) is 1. The molecule has 6 rings (SSSR count). The number of oxime groups is 1. The quantitative estimate of drug-likeness (QED) is 0.211. The Bertz CT molecular complexity index is 971. The van der Waals surface area contributed by atoms with Crippen molar-refractivity contribution in [3.8, 4) is 5.75 Å². The number of aliphatic carboxylic acids is 1. The fraction of sp³-hybridized carbons (Fsp3) is 0.704. The average Bonchev–Trinajstić information content (AvgIpc) is 3.11. The van der Waals surface area contributed by atoms with Gasteiger partial charge in [0.05, 0.1) is 19.4 Å². The lowest BCUT2D eigenvalue weighted by atomic mass is 9.58. The molecule has 10 nitrogen and oxygen atoms in total. The number of rotatable bonds is 10. The normalized spacial score (nSPS) is 38.7. The van der Waals surface area contributed by atoms with E-state index in [4.69, 9.17) is 33.8 Å². The first-order valence-electron chi connectivity index (χ1n) is 13.2. The maximum atomic E-state index is 10.4. The van der Waals surface area contributed by atoms with Gasteiger partial charge in [0.25, 0.3) is 0 Å². The Morgan fingerprint density at radius 2 is 1.95 bits per heavy atom. The van der Waals surface area contributed by atoms with E-state index >= 15 is 0 Å². The van der Waals surface area contributed by atoms with Gasteiger partial charge >= 0.3 is 5.97 Å². The fourth-order valence-corrected chi connectivity index (χ4v) is 6.35. The van der Waals surface area contributed by atoms with Crippen LogP contribution >= 0.6 is 0 Å². The van der Waals surface area contributed by atoms with Crippen molar-refractivity contribution >= 4 is 12.2 Å². The third-order valence-electron chi connectivity index (χ3n) is 8.28. The first-order chi connectivity index (χ1) is 17.8. The van der Waals surface area contributed by atoms with E-state index in [1.807, 2.05) is 31.2 Å². The van der Waals surface area contributed by atoms with Gasteiger partial charge in [-0.15, -0.1) is 0 Å². The van der Waals surface area contributed by atoms with E-state index in [-0.39, 0.29) is 18.1 Å². The number of carboxylic acids is 1. The van der Waals surface area contributed by atoms with Crippen LogP contribution in [0.1, 0.15) is 58.4 Å². The Labute approximate surface area is 217 Å². The van der Waals surface area contributed by atoms with Gasteiger partial charge in [-0.05, 0) is 67.9 Å². The van der Waals surface area contributed by atoms with Crippen LogP contribution < -0.4 is 4.74 Å². The van der Waals surface area contributed by atoms with E-state index in [0.29, 0.717) is 31.5 Å². The minimum absolute atomic E-state index is 0.149. The number of carbonyl (C=O) groups is 1. The molecule has 1 aromatic rings. The van der Waals surface area contributed by atoms with Crippen molar-refractivity contribution in [3.05, 3.63) is 29.8 Å². The van der Waals surface area contributed by atoms with Crippen LogP contribution in [0.15, 0.2) is 29.4 Å². The summed E-state index contributed by atoms with van der Waals surface area (Å²) in [6, 6.07) is 7.29. The molecule has 10 heteroatoms. The monoisotopic (exact) mass is 519 g/mol. The van der Waals surface area contributed by atoms with Crippen LogP contribution in [-0.4, -0.2) is 61.1 Å². The van der Waals surface area contributed by atoms with Crippen molar-refractivity contribution in [1.82, 2.24) is 0 Å². The number of hydrogen-bond acceptors (Lipinski definition) is 9. The highest BCUT2D eigenvalue weighted by molar-refractivity contribution is 5.79. The second kappa shape index (κ2) is 10.9. The van der Waals surface area contributed by atoms with Gasteiger partial charge in [-0.1, -0.05) is 19.0 Å². The Kier molecular flexibility index (Phi) is 7.74. The molecular weight excluding hydrogens is 482 g/mol. The van der Waals surface area contributed by atoms with Crippen molar-refractivity contribution in [3.63, 3.8) is 0 Å². The second-order valence-corrected chi connectivity index (χ2v) is 10.8. The van der Waals surface area contributed by atoms with E-state index in [0.717, 1.165) is 37.0 Å². The summed E-state index contributed by atoms with van der Waals surface area (Å²) in [4.78, 5) is 27.1. The maximum Gasteiger partial charge on any atom is 0.344 e. The summed E-state index contributed by atoms with van der Waals surface area (Å²) in [6.07, 6.45) is 5.29. The van der Waals surface area contributed by atoms with Crippen molar-refractivity contribution in [2.75, 3.05) is 19.8 Å². The lowest BCUT2D eigenvalue weighted by molar-refractivity contribution is -0.577. The Morgan fingerprint density at radius 1 is 1.14 bits per heavy atom. The van der Waals surface area contributed by atoms with Gasteiger partial charge in [-0.25, -0.2) is 14.6 Å².